The summed E-state index contributed by atoms with van der Waals surface area (Å²) in [6.07, 6.45) is 0. The summed E-state index contributed by atoms with van der Waals surface area (Å²) in [4.78, 5) is 12.0. The van der Waals surface area contributed by atoms with E-state index in [1.54, 1.807) is 19.2 Å². The van der Waals surface area contributed by atoms with Gasteiger partial charge in [-0.1, -0.05) is 23.9 Å². The number of hydrogen-bond acceptors (Lipinski definition) is 7. The van der Waals surface area contributed by atoms with E-state index in [9.17, 15) is 4.79 Å². The van der Waals surface area contributed by atoms with E-state index in [2.05, 4.69) is 38.1 Å². The van der Waals surface area contributed by atoms with E-state index < -0.39 is 0 Å². The van der Waals surface area contributed by atoms with E-state index in [-0.39, 0.29) is 18.3 Å². The SMILES string of the molecule is COc1ccccc1OCc1nnc(SCC(=O)Nc2ccc(I)cc2)o1. The summed E-state index contributed by atoms with van der Waals surface area (Å²) in [5.74, 6) is 1.55. The topological polar surface area (TPSA) is 86.5 Å². The molecule has 3 aromatic rings. The maximum absolute atomic E-state index is 12.0. The fourth-order valence-corrected chi connectivity index (χ4v) is 3.03. The smallest absolute Gasteiger partial charge is 0.277 e. The Morgan fingerprint density at radius 1 is 1.15 bits per heavy atom. The second-order valence-corrected chi connectivity index (χ2v) is 7.42. The van der Waals surface area contributed by atoms with Crippen LogP contribution in [0.25, 0.3) is 0 Å². The predicted octanol–water partition coefficient (Wildman–Crippen LogP) is 3.99. The number of halogens is 1. The Morgan fingerprint density at radius 3 is 2.63 bits per heavy atom. The number of amides is 1. The third kappa shape index (κ3) is 5.86. The first kappa shape index (κ1) is 19.5. The molecule has 3 rings (SSSR count). The first-order chi connectivity index (χ1) is 13.1. The molecule has 1 amide bonds. The van der Waals surface area contributed by atoms with Gasteiger partial charge in [-0.3, -0.25) is 4.79 Å². The molecule has 0 saturated heterocycles. The molecule has 0 aliphatic heterocycles. The number of thioether (sulfide) groups is 1. The highest BCUT2D eigenvalue weighted by Gasteiger charge is 2.11. The zero-order valence-electron chi connectivity index (χ0n) is 14.3. The van der Waals surface area contributed by atoms with Crippen LogP contribution in [0.5, 0.6) is 11.5 Å². The molecule has 140 valence electrons. The largest absolute Gasteiger partial charge is 0.493 e. The number of carbonyl (C=O) groups is 1. The Kier molecular flexibility index (Phi) is 6.93. The van der Waals surface area contributed by atoms with Gasteiger partial charge < -0.3 is 19.2 Å². The van der Waals surface area contributed by atoms with Gasteiger partial charge in [-0.05, 0) is 59.0 Å². The van der Waals surface area contributed by atoms with Crippen LogP contribution in [-0.2, 0) is 11.4 Å². The van der Waals surface area contributed by atoms with E-state index in [4.69, 9.17) is 13.9 Å². The summed E-state index contributed by atoms with van der Waals surface area (Å²) in [6, 6.07) is 14.9. The van der Waals surface area contributed by atoms with Gasteiger partial charge in [0.05, 0.1) is 12.9 Å². The summed E-state index contributed by atoms with van der Waals surface area (Å²) in [6.45, 7) is 0.114. The average Bonchev–Trinajstić information content (AvgIpc) is 3.15. The van der Waals surface area contributed by atoms with Crippen molar-refractivity contribution in [3.63, 3.8) is 0 Å². The highest BCUT2D eigenvalue weighted by Crippen LogP contribution is 2.27. The molecule has 1 N–H and O–H groups in total. The van der Waals surface area contributed by atoms with Crippen molar-refractivity contribution >= 4 is 45.9 Å². The molecular formula is C18H16IN3O4S. The number of benzene rings is 2. The van der Waals surface area contributed by atoms with Crippen molar-refractivity contribution in [2.75, 3.05) is 18.2 Å². The molecule has 0 unspecified atom stereocenters. The Labute approximate surface area is 174 Å². The van der Waals surface area contributed by atoms with Gasteiger partial charge in [-0.15, -0.1) is 10.2 Å². The van der Waals surface area contributed by atoms with Crippen LogP contribution in [-0.4, -0.2) is 29.0 Å². The Hall–Kier alpha value is -2.27. The van der Waals surface area contributed by atoms with Gasteiger partial charge in [0.2, 0.25) is 5.91 Å². The van der Waals surface area contributed by atoms with Crippen molar-refractivity contribution in [1.82, 2.24) is 10.2 Å². The van der Waals surface area contributed by atoms with Crippen molar-refractivity contribution in [3.8, 4) is 11.5 Å². The molecule has 0 bridgehead atoms. The lowest BCUT2D eigenvalue weighted by molar-refractivity contribution is -0.113. The fourth-order valence-electron chi connectivity index (χ4n) is 2.09. The molecule has 0 spiro atoms. The molecule has 0 saturated carbocycles. The number of hydrogen-bond donors (Lipinski definition) is 1. The van der Waals surface area contributed by atoms with Crippen molar-refractivity contribution in [2.24, 2.45) is 0 Å². The van der Waals surface area contributed by atoms with E-state index in [0.29, 0.717) is 22.6 Å². The molecule has 0 aliphatic carbocycles. The van der Waals surface area contributed by atoms with E-state index in [1.807, 2.05) is 36.4 Å². The van der Waals surface area contributed by atoms with E-state index >= 15 is 0 Å². The lowest BCUT2D eigenvalue weighted by Gasteiger charge is -2.07. The van der Waals surface area contributed by atoms with Gasteiger partial charge in [0.1, 0.15) is 0 Å². The maximum Gasteiger partial charge on any atom is 0.277 e. The van der Waals surface area contributed by atoms with Crippen LogP contribution in [0, 0.1) is 3.57 Å². The first-order valence-corrected chi connectivity index (χ1v) is 9.97. The monoisotopic (exact) mass is 497 g/mol. The van der Waals surface area contributed by atoms with Crippen LogP contribution in [0.1, 0.15) is 5.89 Å². The molecule has 9 heteroatoms. The van der Waals surface area contributed by atoms with Gasteiger partial charge >= 0.3 is 0 Å². The summed E-state index contributed by atoms with van der Waals surface area (Å²) in [5, 5.41) is 11.0. The fraction of sp³-hybridized carbons (Fsp3) is 0.167. The normalized spacial score (nSPS) is 10.4. The highest BCUT2D eigenvalue weighted by molar-refractivity contribution is 14.1. The van der Waals surface area contributed by atoms with Gasteiger partial charge in [0.15, 0.2) is 18.1 Å². The summed E-state index contributed by atoms with van der Waals surface area (Å²) in [5.41, 5.74) is 0.748. The van der Waals surface area contributed by atoms with Crippen LogP contribution in [0.2, 0.25) is 0 Å². The number of para-hydroxylation sites is 2. The van der Waals surface area contributed by atoms with Crippen LogP contribution in [0.15, 0.2) is 58.2 Å². The number of methoxy groups -OCH3 is 1. The molecule has 0 radical (unpaired) electrons. The third-order valence-electron chi connectivity index (χ3n) is 3.32. The lowest BCUT2D eigenvalue weighted by Crippen LogP contribution is -2.13. The van der Waals surface area contributed by atoms with Crippen LogP contribution >= 0.6 is 34.4 Å². The second-order valence-electron chi connectivity index (χ2n) is 5.24. The van der Waals surface area contributed by atoms with E-state index in [1.165, 1.54) is 11.8 Å². The molecule has 27 heavy (non-hydrogen) atoms. The molecule has 1 aromatic heterocycles. The van der Waals surface area contributed by atoms with Crippen molar-refractivity contribution in [3.05, 3.63) is 58.0 Å². The zero-order valence-corrected chi connectivity index (χ0v) is 17.3. The number of nitrogens with zero attached hydrogens (tertiary/aromatic N) is 2. The Balaban J connectivity index is 1.47. The molecule has 7 nitrogen and oxygen atoms in total. The molecule has 0 aliphatic rings. The van der Waals surface area contributed by atoms with Crippen molar-refractivity contribution < 1.29 is 18.7 Å². The Bertz CT molecular complexity index is 902. The minimum atomic E-state index is -0.147. The molecular weight excluding hydrogens is 481 g/mol. The minimum absolute atomic E-state index is 0.114. The van der Waals surface area contributed by atoms with Crippen LogP contribution < -0.4 is 14.8 Å². The summed E-state index contributed by atoms with van der Waals surface area (Å²) < 4.78 is 17.4. The zero-order chi connectivity index (χ0) is 19.1. The molecule has 0 atom stereocenters. The highest BCUT2D eigenvalue weighted by atomic mass is 127. The quantitative estimate of drug-likeness (QED) is 0.372. The molecule has 0 fully saturated rings. The molecule has 1 heterocycles. The predicted molar refractivity (Wildman–Crippen MR) is 110 cm³/mol. The number of carbonyl (C=O) groups excluding carboxylic acids is 1. The van der Waals surface area contributed by atoms with Crippen LogP contribution in [0.3, 0.4) is 0 Å². The number of nitrogens with one attached hydrogen (secondary N) is 1. The first-order valence-electron chi connectivity index (χ1n) is 7.90. The third-order valence-corrected chi connectivity index (χ3v) is 4.86. The van der Waals surface area contributed by atoms with Gasteiger partial charge in [0.25, 0.3) is 11.1 Å². The van der Waals surface area contributed by atoms with Crippen molar-refractivity contribution in [1.29, 1.82) is 0 Å². The standard InChI is InChI=1S/C18H16IN3O4S/c1-24-14-4-2-3-5-15(14)25-10-17-21-22-18(26-17)27-11-16(23)20-13-8-6-12(19)7-9-13/h2-9H,10-11H2,1H3,(H,20,23). The van der Waals surface area contributed by atoms with Gasteiger partial charge in [0, 0.05) is 9.26 Å². The van der Waals surface area contributed by atoms with Crippen molar-refractivity contribution in [2.45, 2.75) is 11.8 Å². The number of anilines is 1. The summed E-state index contributed by atoms with van der Waals surface area (Å²) in [7, 11) is 1.57. The number of ether oxygens (including phenoxy) is 2. The Morgan fingerprint density at radius 2 is 1.89 bits per heavy atom. The minimum Gasteiger partial charge on any atom is -0.493 e. The van der Waals surface area contributed by atoms with E-state index in [0.717, 1.165) is 9.26 Å². The number of aromatic nitrogens is 2. The van der Waals surface area contributed by atoms with Crippen LogP contribution in [0.4, 0.5) is 5.69 Å². The lowest BCUT2D eigenvalue weighted by atomic mass is 10.3. The van der Waals surface area contributed by atoms with Gasteiger partial charge in [-0.2, -0.15) is 0 Å². The average molecular weight is 497 g/mol. The number of rotatable bonds is 8. The molecule has 2 aromatic carbocycles. The second kappa shape index (κ2) is 9.60. The maximum atomic E-state index is 12.0. The summed E-state index contributed by atoms with van der Waals surface area (Å²) >= 11 is 3.38. The van der Waals surface area contributed by atoms with Gasteiger partial charge in [-0.25, -0.2) is 0 Å².